The third-order valence-corrected chi connectivity index (χ3v) is 7.93. The van der Waals surface area contributed by atoms with Gasteiger partial charge in [-0.25, -0.2) is 8.42 Å². The minimum atomic E-state index is -4.13. The molecule has 33 heavy (non-hydrogen) atoms. The van der Waals surface area contributed by atoms with Crippen LogP contribution in [-0.4, -0.2) is 28.3 Å². The lowest BCUT2D eigenvalue weighted by molar-refractivity contribution is 0.102. The molecule has 3 aromatic carbocycles. The topological polar surface area (TPSA) is 110 Å². The van der Waals surface area contributed by atoms with Gasteiger partial charge in [0.2, 0.25) is 5.78 Å². The maximum Gasteiger partial charge on any atom is 0.283 e. The fraction of sp³-hybridized carbons (Fsp3) is 0.0833. The molecule has 7 nitrogen and oxygen atoms in total. The molecule has 1 aliphatic rings. The van der Waals surface area contributed by atoms with E-state index in [2.05, 4.69) is 9.12 Å². The molecule has 0 bridgehead atoms. The Hall–Kier alpha value is -3.56. The van der Waals surface area contributed by atoms with E-state index >= 15 is 0 Å². The van der Waals surface area contributed by atoms with Gasteiger partial charge in [0.1, 0.15) is 0 Å². The van der Waals surface area contributed by atoms with Crippen molar-refractivity contribution in [3.63, 3.8) is 0 Å². The molecule has 0 amide bonds. The predicted molar refractivity (Wildman–Crippen MR) is 125 cm³/mol. The van der Waals surface area contributed by atoms with Gasteiger partial charge in [-0.2, -0.15) is 12.8 Å². The standard InChI is InChI=1S/C24H20N2O5S2/c1-16-12-13-23(17(2)14-16)33(30,31)25-21-15-22(24(27)20-11-7-6-10-19(20)21)26-32(28,29)18-8-4-3-5-9-18/h3-15,26H,1-2H3/b25-21-. The Morgan fingerprint density at radius 1 is 0.788 bits per heavy atom. The molecule has 0 radical (unpaired) electrons. The molecule has 0 heterocycles. The van der Waals surface area contributed by atoms with Gasteiger partial charge in [0.25, 0.3) is 20.0 Å². The number of ketones is 1. The number of aryl methyl sites for hydroxylation is 2. The number of allylic oxidation sites excluding steroid dienone is 2. The summed E-state index contributed by atoms with van der Waals surface area (Å²) in [5.74, 6) is -0.576. The lowest BCUT2D eigenvalue weighted by atomic mass is 9.93. The Balaban J connectivity index is 1.84. The highest BCUT2D eigenvalue weighted by Crippen LogP contribution is 2.25. The molecule has 0 aromatic heterocycles. The maximum absolute atomic E-state index is 13.1. The monoisotopic (exact) mass is 480 g/mol. The van der Waals surface area contributed by atoms with Gasteiger partial charge in [-0.15, -0.1) is 0 Å². The van der Waals surface area contributed by atoms with Crippen LogP contribution in [-0.2, 0) is 20.0 Å². The second kappa shape index (κ2) is 8.42. The van der Waals surface area contributed by atoms with Gasteiger partial charge in [0.15, 0.2) is 0 Å². The zero-order valence-corrected chi connectivity index (χ0v) is 19.4. The van der Waals surface area contributed by atoms with Crippen molar-refractivity contribution in [2.75, 3.05) is 0 Å². The minimum Gasteiger partial charge on any atom is -0.287 e. The van der Waals surface area contributed by atoms with Crippen LogP contribution < -0.4 is 4.72 Å². The van der Waals surface area contributed by atoms with Crippen LogP contribution in [0.3, 0.4) is 0 Å². The van der Waals surface area contributed by atoms with Crippen LogP contribution in [0.5, 0.6) is 0 Å². The van der Waals surface area contributed by atoms with Crippen LogP contribution in [0.15, 0.2) is 98.8 Å². The first-order valence-electron chi connectivity index (χ1n) is 9.94. The number of carbonyl (C=O) groups is 1. The Kier molecular flexibility index (Phi) is 5.77. The summed E-state index contributed by atoms with van der Waals surface area (Å²) in [6, 6.07) is 18.8. The molecule has 0 aliphatic heterocycles. The maximum atomic E-state index is 13.1. The lowest BCUT2D eigenvalue weighted by Gasteiger charge is -2.19. The van der Waals surface area contributed by atoms with E-state index in [4.69, 9.17) is 0 Å². The van der Waals surface area contributed by atoms with Crippen LogP contribution in [0.2, 0.25) is 0 Å². The summed E-state index contributed by atoms with van der Waals surface area (Å²) in [6.45, 7) is 3.53. The number of hydrogen-bond acceptors (Lipinski definition) is 5. The molecular weight excluding hydrogens is 460 g/mol. The number of fused-ring (bicyclic) bond motifs is 1. The third-order valence-electron chi connectivity index (χ3n) is 5.10. The third kappa shape index (κ3) is 4.50. The van der Waals surface area contributed by atoms with Crippen molar-refractivity contribution in [3.05, 3.63) is 107 Å². The molecule has 3 aromatic rings. The Labute approximate surface area is 192 Å². The highest BCUT2D eigenvalue weighted by Gasteiger charge is 2.29. The Morgan fingerprint density at radius 3 is 2.09 bits per heavy atom. The highest BCUT2D eigenvalue weighted by molar-refractivity contribution is 7.90. The number of nitrogens with one attached hydrogen (secondary N) is 1. The number of hydrogen-bond donors (Lipinski definition) is 1. The summed E-state index contributed by atoms with van der Waals surface area (Å²) in [5.41, 5.74) is 1.58. The van der Waals surface area contributed by atoms with Crippen LogP contribution in [0, 0.1) is 13.8 Å². The highest BCUT2D eigenvalue weighted by atomic mass is 32.2. The first kappa shape index (κ1) is 22.6. The number of sulfonamides is 2. The quantitative estimate of drug-likeness (QED) is 0.601. The molecule has 168 valence electrons. The summed E-state index contributed by atoms with van der Waals surface area (Å²) >= 11 is 0. The van der Waals surface area contributed by atoms with E-state index in [1.165, 1.54) is 24.3 Å². The average molecular weight is 481 g/mol. The fourth-order valence-corrected chi connectivity index (χ4v) is 5.84. The van der Waals surface area contributed by atoms with Crippen molar-refractivity contribution < 1.29 is 21.6 Å². The number of rotatable bonds is 5. The normalized spacial score (nSPS) is 15.2. The van der Waals surface area contributed by atoms with Crippen molar-refractivity contribution in [1.29, 1.82) is 0 Å². The molecule has 4 rings (SSSR count). The summed E-state index contributed by atoms with van der Waals surface area (Å²) in [5, 5.41) is 0. The van der Waals surface area contributed by atoms with Crippen LogP contribution >= 0.6 is 0 Å². The van der Waals surface area contributed by atoms with Gasteiger partial charge in [-0.3, -0.25) is 9.52 Å². The van der Waals surface area contributed by atoms with Crippen LogP contribution in [0.25, 0.3) is 0 Å². The summed E-state index contributed by atoms with van der Waals surface area (Å²) in [4.78, 5) is 13.0. The number of Topliss-reactive ketones (excluding diaryl/α,β-unsaturated/α-hetero) is 1. The molecule has 1 aliphatic carbocycles. The van der Waals surface area contributed by atoms with E-state index in [-0.39, 0.29) is 26.8 Å². The van der Waals surface area contributed by atoms with Gasteiger partial charge < -0.3 is 0 Å². The molecule has 0 unspecified atom stereocenters. The van der Waals surface area contributed by atoms with Gasteiger partial charge in [0, 0.05) is 11.1 Å². The minimum absolute atomic E-state index is 0.0288. The van der Waals surface area contributed by atoms with Crippen molar-refractivity contribution >= 4 is 31.5 Å². The van der Waals surface area contributed by atoms with E-state index < -0.39 is 25.8 Å². The molecule has 0 atom stereocenters. The van der Waals surface area contributed by atoms with E-state index in [1.807, 2.05) is 6.92 Å². The smallest absolute Gasteiger partial charge is 0.283 e. The summed E-state index contributed by atoms with van der Waals surface area (Å²) in [6.07, 6.45) is 1.16. The van der Waals surface area contributed by atoms with Crippen LogP contribution in [0.4, 0.5) is 0 Å². The largest absolute Gasteiger partial charge is 0.287 e. The molecular formula is C24H20N2O5S2. The van der Waals surface area contributed by atoms with Crippen molar-refractivity contribution in [2.45, 2.75) is 23.6 Å². The predicted octanol–water partition coefficient (Wildman–Crippen LogP) is 3.54. The number of benzene rings is 3. The SMILES string of the molecule is Cc1ccc(S(=O)(=O)/N=C2/C=C(NS(=O)(=O)c3ccccc3)C(=O)c3ccccc32)c(C)c1. The van der Waals surface area contributed by atoms with Gasteiger partial charge in [0.05, 0.1) is 21.2 Å². The van der Waals surface area contributed by atoms with Gasteiger partial charge in [-0.1, -0.05) is 60.2 Å². The Morgan fingerprint density at radius 2 is 1.42 bits per heavy atom. The fourth-order valence-electron chi connectivity index (χ4n) is 3.55. The molecule has 0 fully saturated rings. The van der Waals surface area contributed by atoms with E-state index in [9.17, 15) is 21.6 Å². The van der Waals surface area contributed by atoms with E-state index in [1.54, 1.807) is 55.5 Å². The summed E-state index contributed by atoms with van der Waals surface area (Å²) < 4.78 is 58.0. The first-order chi connectivity index (χ1) is 15.6. The van der Waals surface area contributed by atoms with E-state index in [0.29, 0.717) is 11.1 Å². The molecule has 0 saturated carbocycles. The molecule has 1 N–H and O–H groups in total. The van der Waals surface area contributed by atoms with Gasteiger partial charge in [-0.05, 0) is 43.7 Å². The van der Waals surface area contributed by atoms with Crippen molar-refractivity contribution in [2.24, 2.45) is 4.40 Å². The number of nitrogens with zero attached hydrogens (tertiary/aromatic N) is 1. The van der Waals surface area contributed by atoms with Crippen LogP contribution in [0.1, 0.15) is 27.0 Å². The second-order valence-corrected chi connectivity index (χ2v) is 10.8. The second-order valence-electron chi connectivity index (χ2n) is 7.57. The zero-order chi connectivity index (χ0) is 23.8. The van der Waals surface area contributed by atoms with Crippen molar-refractivity contribution in [1.82, 2.24) is 4.72 Å². The molecule has 0 saturated heterocycles. The van der Waals surface area contributed by atoms with E-state index in [0.717, 1.165) is 11.6 Å². The average Bonchev–Trinajstić information content (AvgIpc) is 2.77. The zero-order valence-electron chi connectivity index (χ0n) is 17.8. The molecule has 0 spiro atoms. The Bertz CT molecular complexity index is 1540. The number of carbonyl (C=O) groups excluding carboxylic acids is 1. The van der Waals surface area contributed by atoms with Gasteiger partial charge >= 0.3 is 0 Å². The molecule has 9 heteroatoms. The van der Waals surface area contributed by atoms with Crippen molar-refractivity contribution in [3.8, 4) is 0 Å². The lowest BCUT2D eigenvalue weighted by Crippen LogP contribution is -2.31. The summed E-state index contributed by atoms with van der Waals surface area (Å²) in [7, 11) is -8.20. The first-order valence-corrected chi connectivity index (χ1v) is 12.9.